The summed E-state index contributed by atoms with van der Waals surface area (Å²) in [5, 5.41) is 3.22. The van der Waals surface area contributed by atoms with Crippen LogP contribution in [0.1, 0.15) is 38.5 Å². The monoisotopic (exact) mass is 184 g/mol. The molecular formula is C11H24N2. The van der Waals surface area contributed by atoms with Gasteiger partial charge in [-0.3, -0.25) is 0 Å². The third-order valence-electron chi connectivity index (χ3n) is 2.88. The first-order valence-electron chi connectivity index (χ1n) is 5.80. The van der Waals surface area contributed by atoms with E-state index in [1.165, 1.54) is 58.2 Å². The van der Waals surface area contributed by atoms with Crippen LogP contribution in [0.15, 0.2) is 0 Å². The molecule has 0 bridgehead atoms. The van der Waals surface area contributed by atoms with Crippen molar-refractivity contribution < 1.29 is 0 Å². The van der Waals surface area contributed by atoms with Crippen molar-refractivity contribution in [2.75, 3.05) is 33.2 Å². The van der Waals surface area contributed by atoms with Crippen molar-refractivity contribution in [2.45, 2.75) is 38.5 Å². The van der Waals surface area contributed by atoms with Gasteiger partial charge in [0, 0.05) is 13.1 Å². The van der Waals surface area contributed by atoms with Gasteiger partial charge in [-0.25, -0.2) is 0 Å². The summed E-state index contributed by atoms with van der Waals surface area (Å²) in [7, 11) is 2.04. The predicted octanol–water partition coefficient (Wildman–Crippen LogP) is 1.86. The Labute approximate surface area is 82.7 Å². The molecule has 0 aliphatic carbocycles. The highest BCUT2D eigenvalue weighted by molar-refractivity contribution is 4.62. The van der Waals surface area contributed by atoms with Crippen LogP contribution in [0.5, 0.6) is 0 Å². The Balaban J connectivity index is 2.16. The van der Waals surface area contributed by atoms with E-state index in [4.69, 9.17) is 0 Å². The normalized spacial score (nSPS) is 21.9. The molecule has 1 heterocycles. The van der Waals surface area contributed by atoms with Gasteiger partial charge in [0.15, 0.2) is 0 Å². The van der Waals surface area contributed by atoms with Crippen LogP contribution >= 0.6 is 0 Å². The van der Waals surface area contributed by atoms with Crippen molar-refractivity contribution in [3.05, 3.63) is 0 Å². The smallest absolute Gasteiger partial charge is 0.0107 e. The Kier molecular flexibility index (Phi) is 6.21. The molecule has 0 unspecified atom stereocenters. The molecular weight excluding hydrogens is 160 g/mol. The summed E-state index contributed by atoms with van der Waals surface area (Å²) >= 11 is 0. The molecule has 0 aromatic heterocycles. The van der Waals surface area contributed by atoms with Crippen LogP contribution in [0.3, 0.4) is 0 Å². The molecule has 1 aliphatic rings. The van der Waals surface area contributed by atoms with E-state index in [1.807, 2.05) is 7.05 Å². The van der Waals surface area contributed by atoms with E-state index >= 15 is 0 Å². The number of nitrogens with one attached hydrogen (secondary N) is 1. The first-order valence-corrected chi connectivity index (χ1v) is 5.80. The molecule has 2 heteroatoms. The highest BCUT2D eigenvalue weighted by Gasteiger charge is 2.05. The van der Waals surface area contributed by atoms with Crippen molar-refractivity contribution in [3.63, 3.8) is 0 Å². The van der Waals surface area contributed by atoms with Gasteiger partial charge in [0.1, 0.15) is 0 Å². The number of hydrogen-bond acceptors (Lipinski definition) is 2. The molecule has 1 rings (SSSR count). The van der Waals surface area contributed by atoms with E-state index in [0.29, 0.717) is 0 Å². The summed E-state index contributed by atoms with van der Waals surface area (Å²) < 4.78 is 0. The van der Waals surface area contributed by atoms with Crippen molar-refractivity contribution in [3.8, 4) is 0 Å². The van der Waals surface area contributed by atoms with Crippen LogP contribution in [0.2, 0.25) is 0 Å². The maximum atomic E-state index is 3.22. The van der Waals surface area contributed by atoms with E-state index in [1.54, 1.807) is 0 Å². The Morgan fingerprint density at radius 1 is 0.923 bits per heavy atom. The number of likely N-dealkylation sites (N-methyl/N-ethyl adjacent to an activating group) is 1. The van der Waals surface area contributed by atoms with Gasteiger partial charge in [0.25, 0.3) is 0 Å². The summed E-state index contributed by atoms with van der Waals surface area (Å²) in [5.74, 6) is 0. The highest BCUT2D eigenvalue weighted by atomic mass is 15.1. The van der Waals surface area contributed by atoms with Crippen LogP contribution in [0, 0.1) is 0 Å². The standard InChI is InChI=1S/C11H24N2/c1-12-8-11-13-9-6-4-2-3-5-7-10-13/h12H,2-11H2,1H3. The van der Waals surface area contributed by atoms with Crippen molar-refractivity contribution in [2.24, 2.45) is 0 Å². The highest BCUT2D eigenvalue weighted by Crippen LogP contribution is 2.10. The summed E-state index contributed by atoms with van der Waals surface area (Å²) in [4.78, 5) is 2.61. The predicted molar refractivity (Wildman–Crippen MR) is 58.1 cm³/mol. The molecule has 0 radical (unpaired) electrons. The van der Waals surface area contributed by atoms with Gasteiger partial charge in [-0.05, 0) is 33.0 Å². The van der Waals surface area contributed by atoms with Crippen LogP contribution in [0.4, 0.5) is 0 Å². The van der Waals surface area contributed by atoms with Gasteiger partial charge in [-0.1, -0.05) is 25.7 Å². The molecule has 0 spiro atoms. The zero-order valence-electron chi connectivity index (χ0n) is 9.02. The molecule has 78 valence electrons. The zero-order chi connectivity index (χ0) is 9.36. The molecule has 1 N–H and O–H groups in total. The summed E-state index contributed by atoms with van der Waals surface area (Å²) in [6.07, 6.45) is 8.61. The lowest BCUT2D eigenvalue weighted by molar-refractivity contribution is 0.270. The SMILES string of the molecule is CNCCN1CCCCCCCC1. The molecule has 2 nitrogen and oxygen atoms in total. The Morgan fingerprint density at radius 3 is 2.00 bits per heavy atom. The lowest BCUT2D eigenvalue weighted by Gasteiger charge is -2.20. The maximum Gasteiger partial charge on any atom is 0.0107 e. The number of rotatable bonds is 3. The molecule has 1 aliphatic heterocycles. The molecule has 0 aromatic carbocycles. The van der Waals surface area contributed by atoms with E-state index in [-0.39, 0.29) is 0 Å². The fourth-order valence-corrected chi connectivity index (χ4v) is 1.98. The third-order valence-corrected chi connectivity index (χ3v) is 2.88. The second-order valence-corrected chi connectivity index (χ2v) is 4.07. The zero-order valence-corrected chi connectivity index (χ0v) is 9.02. The second kappa shape index (κ2) is 7.34. The number of hydrogen-bond donors (Lipinski definition) is 1. The fourth-order valence-electron chi connectivity index (χ4n) is 1.98. The van der Waals surface area contributed by atoms with E-state index in [9.17, 15) is 0 Å². The average molecular weight is 184 g/mol. The Morgan fingerprint density at radius 2 is 1.46 bits per heavy atom. The molecule has 13 heavy (non-hydrogen) atoms. The van der Waals surface area contributed by atoms with E-state index < -0.39 is 0 Å². The minimum absolute atomic E-state index is 1.14. The van der Waals surface area contributed by atoms with Crippen LogP contribution in [-0.2, 0) is 0 Å². The van der Waals surface area contributed by atoms with E-state index in [2.05, 4.69) is 10.2 Å². The van der Waals surface area contributed by atoms with Gasteiger partial charge in [-0.15, -0.1) is 0 Å². The fraction of sp³-hybridized carbons (Fsp3) is 1.00. The molecule has 1 saturated heterocycles. The van der Waals surface area contributed by atoms with Crippen molar-refractivity contribution >= 4 is 0 Å². The number of nitrogens with zero attached hydrogens (tertiary/aromatic N) is 1. The summed E-state index contributed by atoms with van der Waals surface area (Å²) in [6, 6.07) is 0. The van der Waals surface area contributed by atoms with Crippen molar-refractivity contribution in [1.82, 2.24) is 10.2 Å². The van der Waals surface area contributed by atoms with Crippen LogP contribution < -0.4 is 5.32 Å². The second-order valence-electron chi connectivity index (χ2n) is 4.07. The topological polar surface area (TPSA) is 15.3 Å². The lowest BCUT2D eigenvalue weighted by Crippen LogP contribution is -2.32. The maximum absolute atomic E-state index is 3.22. The van der Waals surface area contributed by atoms with Gasteiger partial charge < -0.3 is 10.2 Å². The van der Waals surface area contributed by atoms with Crippen LogP contribution in [0.25, 0.3) is 0 Å². The van der Waals surface area contributed by atoms with Gasteiger partial charge in [-0.2, -0.15) is 0 Å². The quantitative estimate of drug-likeness (QED) is 0.720. The van der Waals surface area contributed by atoms with Gasteiger partial charge in [0.05, 0.1) is 0 Å². The van der Waals surface area contributed by atoms with E-state index in [0.717, 1.165) is 6.54 Å². The van der Waals surface area contributed by atoms with Gasteiger partial charge in [0.2, 0.25) is 0 Å². The Bertz CT molecular complexity index is 105. The lowest BCUT2D eigenvalue weighted by atomic mass is 10.1. The molecule has 1 fully saturated rings. The first kappa shape index (κ1) is 11.0. The minimum Gasteiger partial charge on any atom is -0.318 e. The largest absolute Gasteiger partial charge is 0.318 e. The summed E-state index contributed by atoms with van der Waals surface area (Å²) in [5.41, 5.74) is 0. The third kappa shape index (κ3) is 5.27. The molecule has 0 saturated carbocycles. The molecule has 0 aromatic rings. The minimum atomic E-state index is 1.14. The average Bonchev–Trinajstić information content (AvgIpc) is 2.28. The van der Waals surface area contributed by atoms with Crippen molar-refractivity contribution in [1.29, 1.82) is 0 Å². The van der Waals surface area contributed by atoms with Crippen LogP contribution in [-0.4, -0.2) is 38.1 Å². The first-order chi connectivity index (χ1) is 6.43. The van der Waals surface area contributed by atoms with Gasteiger partial charge >= 0.3 is 0 Å². The molecule has 0 atom stereocenters. The molecule has 0 amide bonds. The Hall–Kier alpha value is -0.0800. The summed E-state index contributed by atoms with van der Waals surface area (Å²) in [6.45, 7) is 5.01.